The van der Waals surface area contributed by atoms with Gasteiger partial charge in [0.1, 0.15) is 5.75 Å². The van der Waals surface area contributed by atoms with Crippen molar-refractivity contribution in [2.24, 2.45) is 11.8 Å². The Morgan fingerprint density at radius 1 is 1.00 bits per heavy atom. The highest BCUT2D eigenvalue weighted by Gasteiger charge is 2.45. The second kappa shape index (κ2) is 10.9. The zero-order valence-corrected chi connectivity index (χ0v) is 20.5. The molecule has 4 nitrogen and oxygen atoms in total. The van der Waals surface area contributed by atoms with Crippen molar-refractivity contribution in [3.8, 4) is 11.8 Å². The first-order valence-corrected chi connectivity index (χ1v) is 13.5. The van der Waals surface area contributed by atoms with Gasteiger partial charge in [0.2, 0.25) is 0 Å². The number of piperidine rings is 1. The molecule has 1 saturated heterocycles. The quantitative estimate of drug-likeness (QED) is 0.520. The van der Waals surface area contributed by atoms with Crippen LogP contribution in [0.15, 0.2) is 48.5 Å². The van der Waals surface area contributed by atoms with Crippen LogP contribution in [-0.2, 0) is 12.0 Å². The number of rotatable bonds is 8. The molecule has 0 bridgehead atoms. The summed E-state index contributed by atoms with van der Waals surface area (Å²) in [6.45, 7) is 5.40. The zero-order chi connectivity index (χ0) is 23.2. The Balaban J connectivity index is 1.13. The fourth-order valence-corrected chi connectivity index (χ4v) is 6.79. The summed E-state index contributed by atoms with van der Waals surface area (Å²) in [5, 5.41) is 13.0. The van der Waals surface area contributed by atoms with E-state index in [2.05, 4.69) is 40.6 Å². The lowest BCUT2D eigenvalue weighted by Gasteiger charge is -2.48. The summed E-state index contributed by atoms with van der Waals surface area (Å²) in [5.41, 5.74) is 4.09. The smallest absolute Gasteiger partial charge is 0.119 e. The number of nitrogens with one attached hydrogen (secondary N) is 1. The lowest BCUT2D eigenvalue weighted by Crippen LogP contribution is -2.53. The van der Waals surface area contributed by atoms with E-state index < -0.39 is 0 Å². The summed E-state index contributed by atoms with van der Waals surface area (Å²) in [7, 11) is 0. The number of hydrogen-bond donors (Lipinski definition) is 1. The number of benzene rings is 2. The first-order valence-electron chi connectivity index (χ1n) is 13.5. The van der Waals surface area contributed by atoms with Crippen molar-refractivity contribution in [3.05, 3.63) is 65.2 Å². The zero-order valence-electron chi connectivity index (χ0n) is 20.5. The second-order valence-electron chi connectivity index (χ2n) is 10.6. The standard InChI is InChI=1S/C30H39N3O/c31-23-25-10-12-28(13-11-25)34-21-5-18-33-19-15-24(16-20-33)22-30(27-7-2-3-8-27)29-9-4-1-6-26(29)14-17-32-30/h1,4,6,9-13,24,27,32H,2-3,5,7-8,14-22H2. The van der Waals surface area contributed by atoms with Crippen molar-refractivity contribution >= 4 is 0 Å². The Morgan fingerprint density at radius 3 is 2.53 bits per heavy atom. The minimum Gasteiger partial charge on any atom is -0.494 e. The van der Waals surface area contributed by atoms with Crippen LogP contribution in [0.2, 0.25) is 0 Å². The third-order valence-corrected chi connectivity index (χ3v) is 8.57. The molecule has 1 aliphatic carbocycles. The molecule has 1 saturated carbocycles. The summed E-state index contributed by atoms with van der Waals surface area (Å²) in [5.74, 6) is 2.46. The van der Waals surface area contributed by atoms with E-state index in [0.29, 0.717) is 5.56 Å². The number of nitriles is 1. The van der Waals surface area contributed by atoms with Gasteiger partial charge in [0.25, 0.3) is 0 Å². The third kappa shape index (κ3) is 5.16. The van der Waals surface area contributed by atoms with Gasteiger partial charge in [-0.1, -0.05) is 37.1 Å². The average Bonchev–Trinajstić information content (AvgIpc) is 3.44. The highest BCUT2D eigenvalue weighted by molar-refractivity contribution is 5.38. The van der Waals surface area contributed by atoms with Gasteiger partial charge < -0.3 is 15.0 Å². The predicted molar refractivity (Wildman–Crippen MR) is 137 cm³/mol. The average molecular weight is 458 g/mol. The van der Waals surface area contributed by atoms with Gasteiger partial charge in [-0.05, 0) is 105 Å². The Bertz CT molecular complexity index is 967. The van der Waals surface area contributed by atoms with Crippen LogP contribution < -0.4 is 10.1 Å². The SMILES string of the molecule is N#Cc1ccc(OCCCN2CCC(CC3(C4CCCC4)NCCc4ccccc43)CC2)cc1. The lowest BCUT2D eigenvalue weighted by atomic mass is 9.67. The number of fused-ring (bicyclic) bond motifs is 1. The maximum atomic E-state index is 8.91. The number of hydrogen-bond acceptors (Lipinski definition) is 4. The maximum absolute atomic E-state index is 8.91. The Kier molecular flexibility index (Phi) is 7.52. The van der Waals surface area contributed by atoms with E-state index in [-0.39, 0.29) is 5.54 Å². The molecule has 2 aromatic rings. The molecule has 2 aromatic carbocycles. The highest BCUT2D eigenvalue weighted by atomic mass is 16.5. The first kappa shape index (κ1) is 23.4. The molecular weight excluding hydrogens is 418 g/mol. The fraction of sp³-hybridized carbons (Fsp3) is 0.567. The molecule has 3 aliphatic rings. The largest absolute Gasteiger partial charge is 0.494 e. The molecular formula is C30H39N3O. The summed E-state index contributed by atoms with van der Waals surface area (Å²) in [6, 6.07) is 18.9. The van der Waals surface area contributed by atoms with Gasteiger partial charge in [-0.15, -0.1) is 0 Å². The number of likely N-dealkylation sites (tertiary alicyclic amines) is 1. The van der Waals surface area contributed by atoms with Gasteiger partial charge >= 0.3 is 0 Å². The monoisotopic (exact) mass is 457 g/mol. The van der Waals surface area contributed by atoms with Gasteiger partial charge in [-0.2, -0.15) is 5.26 Å². The van der Waals surface area contributed by atoms with E-state index in [4.69, 9.17) is 10.00 Å². The van der Waals surface area contributed by atoms with Crippen LogP contribution in [0.3, 0.4) is 0 Å². The van der Waals surface area contributed by atoms with Crippen molar-refractivity contribution in [2.45, 2.75) is 63.3 Å². The number of nitrogens with zero attached hydrogens (tertiary/aromatic N) is 2. The lowest BCUT2D eigenvalue weighted by molar-refractivity contribution is 0.107. The molecule has 1 unspecified atom stereocenters. The molecule has 1 atom stereocenters. The van der Waals surface area contributed by atoms with E-state index in [9.17, 15) is 0 Å². The van der Waals surface area contributed by atoms with Crippen molar-refractivity contribution in [1.82, 2.24) is 10.2 Å². The molecule has 0 amide bonds. The predicted octanol–water partition coefficient (Wildman–Crippen LogP) is 5.66. The van der Waals surface area contributed by atoms with Crippen molar-refractivity contribution < 1.29 is 4.74 Å². The van der Waals surface area contributed by atoms with Gasteiger partial charge in [0.05, 0.1) is 18.2 Å². The minimum atomic E-state index is 0.202. The fourth-order valence-electron chi connectivity index (χ4n) is 6.79. The highest BCUT2D eigenvalue weighted by Crippen LogP contribution is 2.48. The van der Waals surface area contributed by atoms with Gasteiger partial charge in [-0.3, -0.25) is 0 Å². The van der Waals surface area contributed by atoms with Crippen LogP contribution in [0.1, 0.15) is 68.1 Å². The first-order chi connectivity index (χ1) is 16.8. The third-order valence-electron chi connectivity index (χ3n) is 8.57. The number of ether oxygens (including phenoxy) is 1. The molecule has 0 aromatic heterocycles. The molecule has 2 aliphatic heterocycles. The minimum absolute atomic E-state index is 0.202. The topological polar surface area (TPSA) is 48.3 Å². The normalized spacial score (nSPS) is 24.0. The van der Waals surface area contributed by atoms with E-state index >= 15 is 0 Å². The Labute approximate surface area is 205 Å². The van der Waals surface area contributed by atoms with E-state index in [0.717, 1.165) is 43.7 Å². The molecule has 0 radical (unpaired) electrons. The van der Waals surface area contributed by atoms with Crippen LogP contribution in [-0.4, -0.2) is 37.7 Å². The van der Waals surface area contributed by atoms with Crippen LogP contribution in [0.5, 0.6) is 5.75 Å². The van der Waals surface area contributed by atoms with Gasteiger partial charge in [-0.25, -0.2) is 0 Å². The maximum Gasteiger partial charge on any atom is 0.119 e. The van der Waals surface area contributed by atoms with Crippen LogP contribution in [0.4, 0.5) is 0 Å². The van der Waals surface area contributed by atoms with Crippen LogP contribution in [0, 0.1) is 23.2 Å². The molecule has 2 fully saturated rings. The Hall–Kier alpha value is -2.35. The molecule has 180 valence electrons. The summed E-state index contributed by atoms with van der Waals surface area (Å²) in [6.07, 6.45) is 11.7. The van der Waals surface area contributed by atoms with E-state index in [1.54, 1.807) is 11.1 Å². The summed E-state index contributed by atoms with van der Waals surface area (Å²) in [4.78, 5) is 2.63. The molecule has 1 N–H and O–H groups in total. The van der Waals surface area contributed by atoms with Crippen molar-refractivity contribution in [3.63, 3.8) is 0 Å². The van der Waals surface area contributed by atoms with Crippen LogP contribution in [0.25, 0.3) is 0 Å². The molecule has 34 heavy (non-hydrogen) atoms. The van der Waals surface area contributed by atoms with Gasteiger partial charge in [0, 0.05) is 18.6 Å². The van der Waals surface area contributed by atoms with E-state index in [1.807, 2.05) is 24.3 Å². The van der Waals surface area contributed by atoms with Crippen molar-refractivity contribution in [1.29, 1.82) is 5.26 Å². The van der Waals surface area contributed by atoms with Gasteiger partial charge in [0.15, 0.2) is 0 Å². The molecule has 0 spiro atoms. The summed E-state index contributed by atoms with van der Waals surface area (Å²) < 4.78 is 5.88. The molecule has 2 heterocycles. The second-order valence-corrected chi connectivity index (χ2v) is 10.6. The van der Waals surface area contributed by atoms with Crippen LogP contribution >= 0.6 is 0 Å². The van der Waals surface area contributed by atoms with E-state index in [1.165, 1.54) is 64.5 Å². The summed E-state index contributed by atoms with van der Waals surface area (Å²) >= 11 is 0. The molecule has 4 heteroatoms. The Morgan fingerprint density at radius 2 is 1.76 bits per heavy atom. The van der Waals surface area contributed by atoms with Crippen molar-refractivity contribution in [2.75, 3.05) is 32.8 Å². The molecule has 5 rings (SSSR count).